The lowest BCUT2D eigenvalue weighted by Gasteiger charge is -2.44. The normalized spacial score (nSPS) is 17.7. The number of fused-ring (bicyclic) bond motifs is 1. The average molecular weight is 463 g/mol. The maximum Gasteiger partial charge on any atom is 0.124 e. The lowest BCUT2D eigenvalue weighted by atomic mass is 9.76. The number of hydrogen-bond donors (Lipinski definition) is 0. The molecule has 2 aliphatic heterocycles. The van der Waals surface area contributed by atoms with Gasteiger partial charge >= 0.3 is 0 Å². The molecule has 0 saturated carbocycles. The summed E-state index contributed by atoms with van der Waals surface area (Å²) in [6, 6.07) is 38.8. The lowest BCUT2D eigenvalue weighted by Crippen LogP contribution is -2.47. The van der Waals surface area contributed by atoms with Crippen molar-refractivity contribution < 1.29 is 9.13 Å². The Hall–Kier alpha value is -3.89. The summed E-state index contributed by atoms with van der Waals surface area (Å²) in [4.78, 5) is 4.83. The quantitative estimate of drug-likeness (QED) is 0.324. The minimum atomic E-state index is -0.526. The van der Waals surface area contributed by atoms with Gasteiger partial charge in [-0.15, -0.1) is 0 Å². The van der Waals surface area contributed by atoms with E-state index in [-0.39, 0.29) is 11.9 Å². The van der Waals surface area contributed by atoms with Crippen molar-refractivity contribution in [2.75, 3.05) is 19.8 Å². The molecular formula is C31H27FN2O. The van der Waals surface area contributed by atoms with Crippen molar-refractivity contribution in [3.63, 3.8) is 0 Å². The molecule has 0 bridgehead atoms. The Morgan fingerprint density at radius 2 is 1.20 bits per heavy atom. The molecule has 2 heterocycles. The van der Waals surface area contributed by atoms with E-state index in [2.05, 4.69) is 107 Å². The minimum absolute atomic E-state index is 0.227. The van der Waals surface area contributed by atoms with E-state index in [1.165, 1.54) is 28.8 Å². The van der Waals surface area contributed by atoms with E-state index in [0.29, 0.717) is 6.61 Å². The van der Waals surface area contributed by atoms with Gasteiger partial charge in [-0.2, -0.15) is 0 Å². The second-order valence-corrected chi connectivity index (χ2v) is 9.04. The molecule has 2 aliphatic rings. The summed E-state index contributed by atoms with van der Waals surface area (Å²) in [5.74, 6) is -0.236. The van der Waals surface area contributed by atoms with Gasteiger partial charge in [0.15, 0.2) is 0 Å². The zero-order valence-corrected chi connectivity index (χ0v) is 19.4. The van der Waals surface area contributed by atoms with Crippen LogP contribution in [0, 0.1) is 5.82 Å². The van der Waals surface area contributed by atoms with Crippen LogP contribution < -0.4 is 0 Å². The van der Waals surface area contributed by atoms with Gasteiger partial charge in [-0.25, -0.2) is 4.39 Å². The van der Waals surface area contributed by atoms with Crippen molar-refractivity contribution in [2.24, 2.45) is 0 Å². The molecular weight excluding hydrogens is 435 g/mol. The highest BCUT2D eigenvalue weighted by molar-refractivity contribution is 5.51. The summed E-state index contributed by atoms with van der Waals surface area (Å²) < 4.78 is 19.9. The second kappa shape index (κ2) is 9.05. The molecule has 0 aromatic heterocycles. The van der Waals surface area contributed by atoms with Crippen molar-refractivity contribution in [3.8, 4) is 0 Å². The molecule has 6 rings (SSSR count). The first-order valence-corrected chi connectivity index (χ1v) is 12.0. The zero-order chi connectivity index (χ0) is 23.7. The van der Waals surface area contributed by atoms with Crippen molar-refractivity contribution in [1.82, 2.24) is 9.80 Å². The van der Waals surface area contributed by atoms with E-state index in [9.17, 15) is 4.39 Å². The van der Waals surface area contributed by atoms with Gasteiger partial charge < -0.3 is 14.5 Å². The van der Waals surface area contributed by atoms with Gasteiger partial charge in [0.1, 0.15) is 17.5 Å². The van der Waals surface area contributed by atoms with E-state index < -0.39 is 5.54 Å². The smallest absolute Gasteiger partial charge is 0.124 e. The highest BCUT2D eigenvalue weighted by Gasteiger charge is 2.45. The molecule has 0 radical (unpaired) electrons. The third-order valence-electron chi connectivity index (χ3n) is 7.07. The van der Waals surface area contributed by atoms with Crippen LogP contribution in [-0.2, 0) is 10.3 Å². The standard InChI is InChI=1S/C31H27FN2O/c32-28-18-16-24(17-19-28)30-29-22-34(23-33(29)20-21-35-30)31(25-10-4-1-5-11-25,26-12-6-2-7-13-26)27-14-8-3-9-15-27/h1-19,22,30H,20-21,23H2. The first kappa shape index (κ1) is 21.6. The first-order valence-electron chi connectivity index (χ1n) is 12.0. The maximum atomic E-state index is 13.6. The zero-order valence-electron chi connectivity index (χ0n) is 19.4. The number of halogens is 1. The summed E-state index contributed by atoms with van der Waals surface area (Å²) in [5, 5.41) is 0. The predicted molar refractivity (Wildman–Crippen MR) is 136 cm³/mol. The van der Waals surface area contributed by atoms with Crippen molar-refractivity contribution in [1.29, 1.82) is 0 Å². The Morgan fingerprint density at radius 3 is 1.71 bits per heavy atom. The Kier molecular flexibility index (Phi) is 5.59. The molecule has 4 heteroatoms. The molecule has 1 unspecified atom stereocenters. The van der Waals surface area contributed by atoms with Gasteiger partial charge in [0.05, 0.1) is 19.0 Å². The molecule has 0 aliphatic carbocycles. The third-order valence-corrected chi connectivity index (χ3v) is 7.07. The van der Waals surface area contributed by atoms with Crippen molar-refractivity contribution >= 4 is 0 Å². The largest absolute Gasteiger partial charge is 0.365 e. The van der Waals surface area contributed by atoms with Gasteiger partial charge in [-0.1, -0.05) is 103 Å². The van der Waals surface area contributed by atoms with Gasteiger partial charge in [0, 0.05) is 12.7 Å². The SMILES string of the molecule is Fc1ccc(C2OCCN3CN(C(c4ccccc4)(c4ccccc4)c4ccccc4)C=C23)cc1. The predicted octanol–water partition coefficient (Wildman–Crippen LogP) is 6.31. The van der Waals surface area contributed by atoms with Crippen LogP contribution in [0.1, 0.15) is 28.4 Å². The summed E-state index contributed by atoms with van der Waals surface area (Å²) >= 11 is 0. The van der Waals surface area contributed by atoms with Gasteiger partial charge in [-0.05, 0) is 34.4 Å². The molecule has 1 atom stereocenters. The highest BCUT2D eigenvalue weighted by atomic mass is 19.1. The molecule has 4 aromatic rings. The molecule has 35 heavy (non-hydrogen) atoms. The lowest BCUT2D eigenvalue weighted by molar-refractivity contribution is 0.00421. The minimum Gasteiger partial charge on any atom is -0.365 e. The van der Waals surface area contributed by atoms with Gasteiger partial charge in [0.25, 0.3) is 0 Å². The summed E-state index contributed by atoms with van der Waals surface area (Å²) in [6.07, 6.45) is 2.02. The van der Waals surface area contributed by atoms with Crippen LogP contribution in [-0.4, -0.2) is 29.6 Å². The fourth-order valence-corrected chi connectivity index (χ4v) is 5.49. The monoisotopic (exact) mass is 462 g/mol. The van der Waals surface area contributed by atoms with E-state index in [1.54, 1.807) is 0 Å². The number of ether oxygens (including phenoxy) is 1. The summed E-state index contributed by atoms with van der Waals surface area (Å²) in [6.45, 7) is 2.17. The Morgan fingerprint density at radius 1 is 0.686 bits per heavy atom. The Balaban J connectivity index is 1.55. The van der Waals surface area contributed by atoms with E-state index in [0.717, 1.165) is 24.5 Å². The van der Waals surface area contributed by atoms with Crippen molar-refractivity contribution in [3.05, 3.63) is 155 Å². The summed E-state index contributed by atoms with van der Waals surface area (Å²) in [7, 11) is 0. The molecule has 4 aromatic carbocycles. The van der Waals surface area contributed by atoms with Crippen LogP contribution >= 0.6 is 0 Å². The van der Waals surface area contributed by atoms with Gasteiger partial charge in [-0.3, -0.25) is 0 Å². The maximum absolute atomic E-state index is 13.6. The third kappa shape index (κ3) is 3.71. The second-order valence-electron chi connectivity index (χ2n) is 9.04. The van der Waals surface area contributed by atoms with E-state index >= 15 is 0 Å². The van der Waals surface area contributed by atoms with E-state index in [1.807, 2.05) is 12.1 Å². The number of nitrogens with zero attached hydrogens (tertiary/aromatic N) is 2. The average Bonchev–Trinajstić information content (AvgIpc) is 3.36. The number of benzene rings is 4. The van der Waals surface area contributed by atoms with E-state index in [4.69, 9.17) is 4.74 Å². The van der Waals surface area contributed by atoms with Crippen molar-refractivity contribution in [2.45, 2.75) is 11.6 Å². The number of hydrogen-bond acceptors (Lipinski definition) is 3. The Labute approximate surface area is 205 Å². The van der Waals surface area contributed by atoms with Crippen LogP contribution in [0.15, 0.2) is 127 Å². The fourth-order valence-electron chi connectivity index (χ4n) is 5.49. The molecule has 0 N–H and O–H groups in total. The van der Waals surface area contributed by atoms with Crippen LogP contribution in [0.2, 0.25) is 0 Å². The highest BCUT2D eigenvalue weighted by Crippen LogP contribution is 2.47. The molecule has 174 valence electrons. The molecule has 1 saturated heterocycles. The van der Waals surface area contributed by atoms with Crippen LogP contribution in [0.4, 0.5) is 4.39 Å². The number of rotatable bonds is 5. The first-order chi connectivity index (χ1) is 17.3. The Bertz CT molecular complexity index is 1210. The molecule has 0 spiro atoms. The van der Waals surface area contributed by atoms with Gasteiger partial charge in [0.2, 0.25) is 0 Å². The molecule has 3 nitrogen and oxygen atoms in total. The number of morpholine rings is 1. The molecule has 0 amide bonds. The van der Waals surface area contributed by atoms with Crippen LogP contribution in [0.5, 0.6) is 0 Å². The topological polar surface area (TPSA) is 15.7 Å². The van der Waals surface area contributed by atoms with Crippen LogP contribution in [0.25, 0.3) is 0 Å². The molecule has 1 fully saturated rings. The fraction of sp³-hybridized carbons (Fsp3) is 0.161. The summed E-state index contributed by atoms with van der Waals surface area (Å²) in [5.41, 5.74) is 5.15. The van der Waals surface area contributed by atoms with Crippen LogP contribution in [0.3, 0.4) is 0 Å².